The molecule has 26 heavy (non-hydrogen) atoms. The average molecular weight is 402 g/mol. The van der Waals surface area contributed by atoms with Gasteiger partial charge in [0.1, 0.15) is 16.8 Å². The third kappa shape index (κ3) is 3.56. The fourth-order valence-electron chi connectivity index (χ4n) is 2.60. The van der Waals surface area contributed by atoms with Gasteiger partial charge in [0.2, 0.25) is 0 Å². The number of benzene rings is 1. The highest BCUT2D eigenvalue weighted by atomic mass is 35.5. The van der Waals surface area contributed by atoms with E-state index in [-0.39, 0.29) is 0 Å². The predicted octanol–water partition coefficient (Wildman–Crippen LogP) is 4.60. The van der Waals surface area contributed by atoms with E-state index in [1.165, 1.54) is 4.88 Å². The van der Waals surface area contributed by atoms with Gasteiger partial charge in [0.15, 0.2) is 5.16 Å². The van der Waals surface area contributed by atoms with Gasteiger partial charge in [-0.2, -0.15) is 0 Å². The quantitative estimate of drug-likeness (QED) is 0.443. The van der Waals surface area contributed by atoms with Crippen LogP contribution >= 0.6 is 34.7 Å². The predicted molar refractivity (Wildman–Crippen MR) is 106 cm³/mol. The third-order valence-electron chi connectivity index (χ3n) is 3.99. The number of para-hydroxylation sites is 1. The summed E-state index contributed by atoms with van der Waals surface area (Å²) in [4.78, 5) is 5.62. The van der Waals surface area contributed by atoms with Crippen molar-refractivity contribution >= 4 is 34.7 Å². The van der Waals surface area contributed by atoms with Gasteiger partial charge in [-0.15, -0.1) is 21.5 Å². The molecule has 0 aliphatic carbocycles. The summed E-state index contributed by atoms with van der Waals surface area (Å²) in [5.74, 6) is 2.51. The number of aromatic nitrogens is 5. The Kier molecular flexibility index (Phi) is 5.10. The highest BCUT2D eigenvalue weighted by Crippen LogP contribution is 2.27. The highest BCUT2D eigenvalue weighted by molar-refractivity contribution is 7.98. The molecule has 0 spiro atoms. The summed E-state index contributed by atoms with van der Waals surface area (Å²) >= 11 is 9.42. The maximum atomic E-state index is 6.08. The maximum Gasteiger partial charge on any atom is 0.196 e. The van der Waals surface area contributed by atoms with Gasteiger partial charge in [0.25, 0.3) is 0 Å². The van der Waals surface area contributed by atoms with Crippen LogP contribution in [0.3, 0.4) is 0 Å². The standard InChI is InChI=1S/C18H16ClN5S2/c1-23-15(19)11-20-17(23)12-26-18-22-21-16(10-14-8-5-9-25-14)24(18)13-6-3-2-4-7-13/h2-9,11H,10,12H2,1H3. The van der Waals surface area contributed by atoms with Crippen LogP contribution in [0.15, 0.2) is 59.2 Å². The number of halogens is 1. The van der Waals surface area contributed by atoms with E-state index in [2.05, 4.69) is 49.4 Å². The molecule has 1 aromatic carbocycles. The van der Waals surface area contributed by atoms with E-state index >= 15 is 0 Å². The third-order valence-corrected chi connectivity index (χ3v) is 6.14. The second-order valence-electron chi connectivity index (χ2n) is 5.67. The van der Waals surface area contributed by atoms with E-state index in [4.69, 9.17) is 11.6 Å². The molecule has 0 bridgehead atoms. The van der Waals surface area contributed by atoms with Crippen molar-refractivity contribution < 1.29 is 0 Å². The molecular weight excluding hydrogens is 386 g/mol. The van der Waals surface area contributed by atoms with Crippen molar-refractivity contribution in [3.05, 3.63) is 75.7 Å². The van der Waals surface area contributed by atoms with E-state index in [9.17, 15) is 0 Å². The Labute approximate surface area is 164 Å². The number of thioether (sulfide) groups is 1. The molecule has 0 fully saturated rings. The maximum absolute atomic E-state index is 6.08. The van der Waals surface area contributed by atoms with Gasteiger partial charge < -0.3 is 4.57 Å². The monoisotopic (exact) mass is 401 g/mol. The summed E-state index contributed by atoms with van der Waals surface area (Å²) in [5, 5.41) is 12.4. The summed E-state index contributed by atoms with van der Waals surface area (Å²) in [6.07, 6.45) is 2.43. The molecular formula is C18H16ClN5S2. The fraction of sp³-hybridized carbons (Fsp3) is 0.167. The van der Waals surface area contributed by atoms with E-state index in [1.807, 2.05) is 29.8 Å². The summed E-state index contributed by atoms with van der Waals surface area (Å²) in [6.45, 7) is 0. The van der Waals surface area contributed by atoms with E-state index < -0.39 is 0 Å². The SMILES string of the molecule is Cn1c(Cl)cnc1CSc1nnc(Cc2cccs2)n1-c1ccccc1. The van der Waals surface area contributed by atoms with Crippen molar-refractivity contribution in [2.75, 3.05) is 0 Å². The molecule has 8 heteroatoms. The fourth-order valence-corrected chi connectivity index (χ4v) is 4.41. The van der Waals surface area contributed by atoms with E-state index in [1.54, 1.807) is 29.3 Å². The summed E-state index contributed by atoms with van der Waals surface area (Å²) in [6, 6.07) is 14.4. The minimum Gasteiger partial charge on any atom is -0.322 e. The van der Waals surface area contributed by atoms with Crippen LogP contribution in [0, 0.1) is 0 Å². The Hall–Kier alpha value is -2.09. The van der Waals surface area contributed by atoms with Gasteiger partial charge in [0, 0.05) is 24.0 Å². The molecule has 5 nitrogen and oxygen atoms in total. The molecule has 132 valence electrons. The first-order valence-corrected chi connectivity index (χ1v) is 10.3. The molecule has 0 aliphatic heterocycles. The van der Waals surface area contributed by atoms with E-state index in [0.717, 1.165) is 28.9 Å². The summed E-state index contributed by atoms with van der Waals surface area (Å²) in [7, 11) is 1.91. The smallest absolute Gasteiger partial charge is 0.196 e. The Bertz CT molecular complexity index is 992. The molecule has 0 saturated carbocycles. The zero-order valence-corrected chi connectivity index (χ0v) is 16.4. The van der Waals surface area contributed by atoms with Crippen molar-refractivity contribution in [3.63, 3.8) is 0 Å². The minimum atomic E-state index is 0.628. The number of hydrogen-bond acceptors (Lipinski definition) is 5. The Morgan fingerprint density at radius 1 is 1.08 bits per heavy atom. The molecule has 0 amide bonds. The number of imidazole rings is 1. The number of thiophene rings is 1. The van der Waals surface area contributed by atoms with Crippen LogP contribution < -0.4 is 0 Å². The molecule has 0 N–H and O–H groups in total. The topological polar surface area (TPSA) is 48.5 Å². The van der Waals surface area contributed by atoms with Gasteiger partial charge in [-0.25, -0.2) is 4.98 Å². The number of hydrogen-bond donors (Lipinski definition) is 0. The zero-order chi connectivity index (χ0) is 17.9. The zero-order valence-electron chi connectivity index (χ0n) is 14.0. The lowest BCUT2D eigenvalue weighted by molar-refractivity contribution is 0.834. The van der Waals surface area contributed by atoms with E-state index in [0.29, 0.717) is 10.9 Å². The highest BCUT2D eigenvalue weighted by Gasteiger charge is 2.16. The van der Waals surface area contributed by atoms with Gasteiger partial charge in [-0.1, -0.05) is 47.6 Å². The normalized spacial score (nSPS) is 11.2. The van der Waals surface area contributed by atoms with Crippen LogP contribution in [0.4, 0.5) is 0 Å². The molecule has 0 atom stereocenters. The first-order chi connectivity index (χ1) is 12.7. The van der Waals surface area contributed by atoms with Gasteiger partial charge in [-0.3, -0.25) is 4.57 Å². The minimum absolute atomic E-state index is 0.628. The Morgan fingerprint density at radius 3 is 2.62 bits per heavy atom. The van der Waals surface area contributed by atoms with Crippen LogP contribution in [0.1, 0.15) is 16.5 Å². The summed E-state index contributed by atoms with van der Waals surface area (Å²) in [5.41, 5.74) is 1.06. The van der Waals surface area contributed by atoms with Crippen molar-refractivity contribution in [2.45, 2.75) is 17.3 Å². The second kappa shape index (κ2) is 7.65. The van der Waals surface area contributed by atoms with Crippen LogP contribution in [0.5, 0.6) is 0 Å². The Balaban J connectivity index is 1.65. The molecule has 0 unspecified atom stereocenters. The number of nitrogens with zero attached hydrogens (tertiary/aromatic N) is 5. The van der Waals surface area contributed by atoms with Gasteiger partial charge in [0.05, 0.1) is 11.9 Å². The van der Waals surface area contributed by atoms with Gasteiger partial charge in [-0.05, 0) is 23.6 Å². The lowest BCUT2D eigenvalue weighted by atomic mass is 10.3. The van der Waals surface area contributed by atoms with Crippen molar-refractivity contribution in [1.29, 1.82) is 0 Å². The van der Waals surface area contributed by atoms with Crippen molar-refractivity contribution in [2.24, 2.45) is 7.05 Å². The molecule has 3 aromatic heterocycles. The van der Waals surface area contributed by atoms with Crippen LogP contribution in [-0.2, 0) is 19.2 Å². The lowest BCUT2D eigenvalue weighted by Gasteiger charge is -2.10. The molecule has 4 rings (SSSR count). The second-order valence-corrected chi connectivity index (χ2v) is 8.03. The first-order valence-electron chi connectivity index (χ1n) is 8.03. The van der Waals surface area contributed by atoms with Crippen LogP contribution in [0.2, 0.25) is 5.15 Å². The van der Waals surface area contributed by atoms with Crippen LogP contribution in [-0.4, -0.2) is 24.3 Å². The largest absolute Gasteiger partial charge is 0.322 e. The molecule has 3 heterocycles. The van der Waals surface area contributed by atoms with Crippen LogP contribution in [0.25, 0.3) is 5.69 Å². The van der Waals surface area contributed by atoms with Crippen molar-refractivity contribution in [3.8, 4) is 5.69 Å². The first kappa shape index (κ1) is 17.3. The lowest BCUT2D eigenvalue weighted by Crippen LogP contribution is -2.03. The average Bonchev–Trinajstić information content (AvgIpc) is 3.38. The molecule has 4 aromatic rings. The molecule has 0 saturated heterocycles. The van der Waals surface area contributed by atoms with Crippen molar-refractivity contribution in [1.82, 2.24) is 24.3 Å². The Morgan fingerprint density at radius 2 is 1.92 bits per heavy atom. The number of rotatable bonds is 6. The van der Waals surface area contributed by atoms with Gasteiger partial charge >= 0.3 is 0 Å². The molecule has 0 radical (unpaired) electrons. The summed E-state index contributed by atoms with van der Waals surface area (Å²) < 4.78 is 4.00. The molecule has 0 aliphatic rings.